The Morgan fingerprint density at radius 2 is 1.10 bits per heavy atom. The fraction of sp³-hybridized carbons (Fsp3) is 0.133. The second-order valence-electron chi connectivity index (χ2n) is 24.5. The molecule has 0 amide bonds. The van der Waals surface area contributed by atoms with Crippen LogP contribution in [0, 0.1) is 6.33 Å². The van der Waals surface area contributed by atoms with Crippen LogP contribution in [0.25, 0.3) is 106 Å². The molecule has 4 heterocycles. The molecule has 0 bridgehead atoms. The average molecular weight is 1290 g/mol. The standard InChI is InChI=1S/C90H74N4OSi/c1-88(2,3)63-49-52-91-85(56-63)94-82-41-20-19-37-75(82)76-47-45-66(58-84(76)94)95-65-27-22-26-64(57-65)92-59-93-86-71(62-44-48-80-81(55-62)90(6,7)51-50-89(80,4)5)38-23-39-78(86)79-54-61(43-46-74(79)72-35-17-18-36-73(72)77-40-24-42-83(92)87(77)93)60-25-21-34-70(53-60)96(67-28-11-8-12-29-67,68-30-13-9-14-31-68)69-32-15-10-16-33-69/h8-49,52-58H,50-51H2,1-7H3/i4D3,5D3,6D3,7D3,8D,9D,10D,11D,12D,13D,14D,15D,16D,21D,25D,28D,29D,30D,31D,32D,33D,34D,44D,48D,50D2,51D2,53D,55D. The molecule has 0 spiro atoms. The number of rotatable bonds is 10. The first-order valence-corrected chi connectivity index (χ1v) is 32.5. The van der Waals surface area contributed by atoms with E-state index in [9.17, 15) is 39.8 Å². The number of pyridine rings is 1. The molecule has 2 aliphatic rings. The zero-order valence-corrected chi connectivity index (χ0v) is 52.3. The van der Waals surface area contributed by atoms with Crippen molar-refractivity contribution in [3.8, 4) is 84.3 Å². The number of hydrogen-bond donors (Lipinski definition) is 0. The summed E-state index contributed by atoms with van der Waals surface area (Å²) in [7, 11) is -6.51. The number of benzene rings is 12. The summed E-state index contributed by atoms with van der Waals surface area (Å²) in [6.45, 7) is -11.6. The molecule has 6 heteroatoms. The van der Waals surface area contributed by atoms with Gasteiger partial charge >= 0.3 is 0 Å². The van der Waals surface area contributed by atoms with Gasteiger partial charge in [-0.05, 0) is 177 Å². The van der Waals surface area contributed by atoms with Crippen LogP contribution >= 0.6 is 0 Å². The van der Waals surface area contributed by atoms with E-state index in [2.05, 4.69) is 27.1 Å². The molecule has 0 fully saturated rings. The lowest BCUT2D eigenvalue weighted by molar-refractivity contribution is -0.570. The third kappa shape index (κ3) is 9.63. The molecule has 0 N–H and O–H groups in total. The normalized spacial score (nSPS) is 21.1. The predicted molar refractivity (Wildman–Crippen MR) is 401 cm³/mol. The summed E-state index contributed by atoms with van der Waals surface area (Å²) < 4.78 is 375. The first kappa shape index (κ1) is 31.1. The van der Waals surface area contributed by atoms with Crippen molar-refractivity contribution < 1.29 is 61.4 Å². The Balaban J connectivity index is 1.02. The van der Waals surface area contributed by atoms with Gasteiger partial charge in [0.1, 0.15) is 17.3 Å². The first-order valence-electron chi connectivity index (χ1n) is 49.5. The molecule has 15 aromatic rings. The third-order valence-electron chi connectivity index (χ3n) is 17.7. The van der Waals surface area contributed by atoms with Gasteiger partial charge in [-0.25, -0.2) is 4.98 Å². The molecule has 1 aliphatic carbocycles. The van der Waals surface area contributed by atoms with Crippen molar-refractivity contribution in [3.05, 3.63) is 320 Å². The molecular formula is C90H74N4OSi. The topological polar surface area (TPSA) is 35.9 Å². The number of fused-ring (bicyclic) bond motifs is 11. The van der Waals surface area contributed by atoms with Crippen molar-refractivity contribution in [2.24, 2.45) is 0 Å². The largest absolute Gasteiger partial charge is 0.458 e. The summed E-state index contributed by atoms with van der Waals surface area (Å²) in [4.78, 5) is 4.85. The van der Waals surface area contributed by atoms with Crippen LogP contribution in [0.15, 0.2) is 297 Å². The Labute approximate surface area is 617 Å². The summed E-state index contributed by atoms with van der Waals surface area (Å²) in [5.74, 6) is 1.22. The smallest absolute Gasteiger partial charge is 0.269 e. The summed E-state index contributed by atoms with van der Waals surface area (Å²) in [6, 6.07) is 16.2. The van der Waals surface area contributed by atoms with E-state index in [0.717, 1.165) is 27.4 Å². The van der Waals surface area contributed by atoms with E-state index in [1.54, 1.807) is 83.6 Å². The Kier molecular flexibility index (Phi) is 7.33. The van der Waals surface area contributed by atoms with Crippen LogP contribution in [0.4, 0.5) is 0 Å². The highest BCUT2D eigenvalue weighted by Gasteiger charge is 2.42. The Bertz CT molecular complexity index is 7360. The van der Waals surface area contributed by atoms with E-state index in [1.807, 2.05) is 53.1 Å². The monoisotopic (exact) mass is 1290 g/mol. The summed E-state index contributed by atoms with van der Waals surface area (Å²) >= 11 is 0. The highest BCUT2D eigenvalue weighted by atomic mass is 28.3. The molecule has 0 atom stereocenters. The van der Waals surface area contributed by atoms with Gasteiger partial charge in [0.25, 0.3) is 6.33 Å². The minimum Gasteiger partial charge on any atom is -0.458 e. The number of hydrogen-bond acceptors (Lipinski definition) is 2. The van der Waals surface area contributed by atoms with Crippen molar-refractivity contribution in [1.29, 1.82) is 0 Å². The van der Waals surface area contributed by atoms with Gasteiger partial charge in [-0.3, -0.25) is 13.7 Å². The van der Waals surface area contributed by atoms with Crippen molar-refractivity contribution in [3.63, 3.8) is 0 Å². The lowest BCUT2D eigenvalue weighted by Gasteiger charge is -2.42. The quantitative estimate of drug-likeness (QED) is 0.0592. The minimum absolute atomic E-state index is 0.104. The molecule has 3 aromatic heterocycles. The van der Waals surface area contributed by atoms with Crippen LogP contribution in [-0.4, -0.2) is 22.2 Å². The summed E-state index contributed by atoms with van der Waals surface area (Å²) in [5, 5.41) is -2.73. The van der Waals surface area contributed by atoms with Crippen LogP contribution in [0.3, 0.4) is 0 Å². The van der Waals surface area contributed by atoms with E-state index in [0.29, 0.717) is 28.3 Å². The summed E-state index contributed by atoms with van der Waals surface area (Å²) in [5.41, 5.74) is -11.8. The van der Waals surface area contributed by atoms with Gasteiger partial charge in [-0.2, -0.15) is 0 Å². The third-order valence-corrected chi connectivity index (χ3v) is 21.7. The molecule has 12 aromatic carbocycles. The lowest BCUT2D eigenvalue weighted by atomic mass is 9.63. The van der Waals surface area contributed by atoms with Crippen molar-refractivity contribution in [1.82, 2.24) is 14.1 Å². The van der Waals surface area contributed by atoms with E-state index in [-0.39, 0.29) is 55.8 Å². The van der Waals surface area contributed by atoms with E-state index in [4.69, 9.17) is 22.1 Å². The van der Waals surface area contributed by atoms with Gasteiger partial charge in [0.05, 0.1) is 63.6 Å². The predicted octanol–water partition coefficient (Wildman–Crippen LogP) is 19.7. The number of para-hydroxylation sites is 3. The number of imidazole rings is 1. The zero-order valence-electron chi connectivity index (χ0n) is 89.3. The second-order valence-corrected chi connectivity index (χ2v) is 28.0. The van der Waals surface area contributed by atoms with Crippen LogP contribution in [0.1, 0.15) is 130 Å². The Hall–Kier alpha value is -10.9. The highest BCUT2D eigenvalue weighted by molar-refractivity contribution is 7.20. The molecule has 5 nitrogen and oxygen atoms in total. The number of ether oxygens (including phenoxy) is 1. The highest BCUT2D eigenvalue weighted by Crippen LogP contribution is 2.50. The Morgan fingerprint density at radius 1 is 0.490 bits per heavy atom. The van der Waals surface area contributed by atoms with Gasteiger partial charge in [0, 0.05) is 45.0 Å². The van der Waals surface area contributed by atoms with Gasteiger partial charge in [0.2, 0.25) is 0 Å². The van der Waals surface area contributed by atoms with E-state index < -0.39 is 241 Å². The van der Waals surface area contributed by atoms with Gasteiger partial charge in [-0.15, -0.1) is 0 Å². The Morgan fingerprint density at radius 3 is 1.84 bits per heavy atom. The van der Waals surface area contributed by atoms with Crippen LogP contribution < -0.4 is 30.1 Å². The zero-order chi connectivity index (χ0) is 97.8. The van der Waals surface area contributed by atoms with Crippen LogP contribution in [0.2, 0.25) is 0 Å². The molecule has 0 radical (unpaired) electrons. The van der Waals surface area contributed by atoms with E-state index >= 15 is 0 Å². The van der Waals surface area contributed by atoms with Gasteiger partial charge in [-0.1, -0.05) is 278 Å². The van der Waals surface area contributed by atoms with Crippen molar-refractivity contribution >= 4 is 61.7 Å². The maximum atomic E-state index is 10.9. The lowest BCUT2D eigenvalue weighted by Crippen LogP contribution is -2.74. The molecule has 96 heavy (non-hydrogen) atoms. The minimum atomic E-state index is -6.51. The SMILES string of the molecule is [2H]c1c([2H])c([2H])c([Si](c2c([2H])c([2H])c([2H])c([2H])c2[2H])(c2c([2H])c([2H])c([2H])c([2H])c2[2H])c2c([2H])c([2H])c([2H])c(-c3ccc4c(c3)-c3cccc(-c5c([2H])c([2H])c6c(c5[2H])C(C([2H])([2H])[2H])(C([2H])([2H])[2H])C([2H])([2H])C([2H])([2H])C6(C([2H])([2H])[2H])C([2H])([2H])[2H])c3-[n+]3[c-]n(-c5cccc(Oc6ccc7c8ccccc8n(-c8cc(C(C)(C)C)ccn8)c7c6)c5)c5cccc(c53)-c3ccccc3-4)c2[2H])c([2H])c1[2H]. The molecule has 0 unspecified atom stereocenters. The molecule has 464 valence electrons. The number of aromatic nitrogens is 4. The molecule has 17 rings (SSSR count). The maximum absolute atomic E-state index is 10.9. The van der Waals surface area contributed by atoms with E-state index in [1.165, 1.54) is 41.0 Å². The van der Waals surface area contributed by atoms with Crippen LogP contribution in [-0.2, 0) is 16.2 Å². The number of nitrogens with zero attached hydrogens (tertiary/aromatic N) is 4. The van der Waals surface area contributed by atoms with Gasteiger partial charge < -0.3 is 4.74 Å². The maximum Gasteiger partial charge on any atom is 0.269 e. The second kappa shape index (κ2) is 22.6. The molecule has 0 saturated heterocycles. The van der Waals surface area contributed by atoms with Gasteiger partial charge in [0.15, 0.2) is 8.07 Å². The first-order chi connectivity index (χ1) is 62.4. The fourth-order valence-corrected chi connectivity index (χ4v) is 16.8. The van der Waals surface area contributed by atoms with Crippen molar-refractivity contribution in [2.45, 2.75) is 77.2 Å². The van der Waals surface area contributed by atoms with Crippen molar-refractivity contribution in [2.75, 3.05) is 0 Å². The van der Waals surface area contributed by atoms with Crippen LogP contribution in [0.5, 0.6) is 11.5 Å². The molecule has 0 saturated carbocycles. The molecular weight excluding hydrogens is 1180 g/mol. The average Bonchev–Trinajstić information content (AvgIpc) is 1.57. The summed E-state index contributed by atoms with van der Waals surface area (Å²) in [6.07, 6.45) is -4.28. The fourth-order valence-electron chi connectivity index (χ4n) is 13.3. The molecule has 1 aliphatic heterocycles.